The molecule has 206 valence electrons. The van der Waals surface area contributed by atoms with Crippen molar-refractivity contribution >= 4 is 0 Å². The highest BCUT2D eigenvalue weighted by Gasteiger charge is 2.39. The minimum atomic E-state index is -4.33. The predicted molar refractivity (Wildman–Crippen MR) is 141 cm³/mol. The van der Waals surface area contributed by atoms with Crippen LogP contribution in [0, 0.1) is 0 Å². The maximum atomic E-state index is 13.0. The molecule has 2 atom stereocenters. The highest BCUT2D eigenvalue weighted by Crippen LogP contribution is 2.37. The first-order valence-electron chi connectivity index (χ1n) is 13.4. The SMILES string of the molecule is CCCCC1(OC(O)NC(C)C)CCN(C(C=C(C)C)CC(C)(C)c2ccc(C(F)(F)F)cc2)CC1. The van der Waals surface area contributed by atoms with Gasteiger partial charge in [-0.1, -0.05) is 57.4 Å². The van der Waals surface area contributed by atoms with E-state index >= 15 is 0 Å². The monoisotopic (exact) mass is 512 g/mol. The number of aliphatic hydroxyl groups is 1. The fourth-order valence-corrected chi connectivity index (χ4v) is 5.17. The summed E-state index contributed by atoms with van der Waals surface area (Å²) in [5.41, 5.74) is 0.857. The molecule has 2 rings (SSSR count). The standard InChI is InChI=1S/C29H47F3N2O2/c1-8-9-14-28(36-26(35)33-22(4)5)15-17-34(18-16-28)25(19-21(2)3)20-27(6,7)23-10-12-24(13-11-23)29(30,31)32/h10-13,19,22,25-26,33,35H,8-9,14-18,20H2,1-7H3. The van der Waals surface area contributed by atoms with E-state index in [1.165, 1.54) is 17.7 Å². The summed E-state index contributed by atoms with van der Waals surface area (Å²) in [6.07, 6.45) is 2.46. The average molecular weight is 513 g/mol. The van der Waals surface area contributed by atoms with Gasteiger partial charge in [0.1, 0.15) is 0 Å². The van der Waals surface area contributed by atoms with E-state index in [0.29, 0.717) is 0 Å². The Hall–Kier alpha value is -1.41. The van der Waals surface area contributed by atoms with Crippen molar-refractivity contribution in [3.8, 4) is 0 Å². The molecular formula is C29H47F3N2O2. The Morgan fingerprint density at radius 3 is 2.14 bits per heavy atom. The number of nitrogens with one attached hydrogen (secondary N) is 1. The number of hydrogen-bond acceptors (Lipinski definition) is 4. The van der Waals surface area contributed by atoms with Crippen LogP contribution in [-0.2, 0) is 16.3 Å². The molecule has 1 aromatic rings. The van der Waals surface area contributed by atoms with Crippen molar-refractivity contribution in [2.75, 3.05) is 13.1 Å². The lowest BCUT2D eigenvalue weighted by Gasteiger charge is -2.46. The Morgan fingerprint density at radius 2 is 1.67 bits per heavy atom. The van der Waals surface area contributed by atoms with Crippen LogP contribution < -0.4 is 5.32 Å². The van der Waals surface area contributed by atoms with Crippen LogP contribution in [0.4, 0.5) is 13.2 Å². The number of alkyl halides is 3. The molecule has 0 bridgehead atoms. The Morgan fingerprint density at radius 1 is 1.11 bits per heavy atom. The molecule has 36 heavy (non-hydrogen) atoms. The maximum Gasteiger partial charge on any atom is 0.416 e. The third-order valence-electron chi connectivity index (χ3n) is 7.24. The number of aliphatic hydroxyl groups excluding tert-OH is 1. The molecule has 4 nitrogen and oxygen atoms in total. The third-order valence-corrected chi connectivity index (χ3v) is 7.24. The van der Waals surface area contributed by atoms with Crippen LogP contribution in [-0.4, -0.2) is 47.2 Å². The number of rotatable bonds is 12. The van der Waals surface area contributed by atoms with E-state index in [0.717, 1.165) is 57.2 Å². The van der Waals surface area contributed by atoms with Gasteiger partial charge < -0.3 is 9.84 Å². The van der Waals surface area contributed by atoms with Crippen LogP contribution in [0.25, 0.3) is 0 Å². The second-order valence-corrected chi connectivity index (χ2v) is 11.6. The van der Waals surface area contributed by atoms with Crippen molar-refractivity contribution in [1.82, 2.24) is 10.2 Å². The highest BCUT2D eigenvalue weighted by molar-refractivity contribution is 5.30. The van der Waals surface area contributed by atoms with Gasteiger partial charge >= 0.3 is 6.18 Å². The minimum absolute atomic E-state index is 0.123. The maximum absolute atomic E-state index is 13.0. The van der Waals surface area contributed by atoms with Gasteiger partial charge in [-0.2, -0.15) is 13.2 Å². The first kappa shape index (κ1) is 30.8. The normalized spacial score (nSPS) is 18.8. The Bertz CT molecular complexity index is 822. The Balaban J connectivity index is 2.17. The fraction of sp³-hybridized carbons (Fsp3) is 0.724. The van der Waals surface area contributed by atoms with E-state index in [4.69, 9.17) is 4.74 Å². The average Bonchev–Trinajstić information content (AvgIpc) is 2.76. The molecule has 0 saturated carbocycles. The van der Waals surface area contributed by atoms with Crippen LogP contribution >= 0.6 is 0 Å². The zero-order chi connectivity index (χ0) is 27.1. The molecule has 0 aromatic heterocycles. The van der Waals surface area contributed by atoms with Gasteiger partial charge in [0.2, 0.25) is 6.41 Å². The predicted octanol–water partition coefficient (Wildman–Crippen LogP) is 7.02. The van der Waals surface area contributed by atoms with Crippen molar-refractivity contribution in [3.05, 3.63) is 47.0 Å². The number of benzene rings is 1. The summed E-state index contributed by atoms with van der Waals surface area (Å²) in [6, 6.07) is 5.89. The van der Waals surface area contributed by atoms with E-state index in [1.807, 2.05) is 13.8 Å². The van der Waals surface area contributed by atoms with E-state index in [9.17, 15) is 18.3 Å². The number of likely N-dealkylation sites (tertiary alicyclic amines) is 1. The molecule has 2 unspecified atom stereocenters. The van der Waals surface area contributed by atoms with Crippen LogP contribution in [0.5, 0.6) is 0 Å². The summed E-state index contributed by atoms with van der Waals surface area (Å²) in [7, 11) is 0. The number of hydrogen-bond donors (Lipinski definition) is 2. The van der Waals surface area contributed by atoms with Crippen LogP contribution in [0.2, 0.25) is 0 Å². The minimum Gasteiger partial charge on any atom is -0.356 e. The lowest BCUT2D eigenvalue weighted by Crippen LogP contribution is -2.53. The molecule has 1 fully saturated rings. The van der Waals surface area contributed by atoms with Gasteiger partial charge in [-0.15, -0.1) is 0 Å². The lowest BCUT2D eigenvalue weighted by molar-refractivity contribution is -0.220. The quantitative estimate of drug-likeness (QED) is 0.233. The van der Waals surface area contributed by atoms with E-state index < -0.39 is 18.2 Å². The number of unbranched alkanes of at least 4 members (excludes halogenated alkanes) is 1. The highest BCUT2D eigenvalue weighted by atomic mass is 19.4. The van der Waals surface area contributed by atoms with Crippen LogP contribution in [0.3, 0.4) is 0 Å². The van der Waals surface area contributed by atoms with Crippen molar-refractivity contribution in [2.45, 2.75) is 123 Å². The van der Waals surface area contributed by atoms with Crippen molar-refractivity contribution < 1.29 is 23.0 Å². The van der Waals surface area contributed by atoms with Gasteiger partial charge in [0, 0.05) is 25.2 Å². The molecule has 7 heteroatoms. The third kappa shape index (κ3) is 9.16. The molecular weight excluding hydrogens is 465 g/mol. The van der Waals surface area contributed by atoms with Gasteiger partial charge in [-0.25, -0.2) is 0 Å². The van der Waals surface area contributed by atoms with Crippen molar-refractivity contribution in [2.24, 2.45) is 0 Å². The van der Waals surface area contributed by atoms with Crippen molar-refractivity contribution in [1.29, 1.82) is 0 Å². The van der Waals surface area contributed by atoms with Gasteiger partial charge in [0.15, 0.2) is 0 Å². The summed E-state index contributed by atoms with van der Waals surface area (Å²) < 4.78 is 45.4. The van der Waals surface area contributed by atoms with Crippen LogP contribution in [0.1, 0.15) is 98.1 Å². The lowest BCUT2D eigenvalue weighted by atomic mass is 9.77. The Kier molecular flexibility index (Phi) is 11.0. The fourth-order valence-electron chi connectivity index (χ4n) is 5.17. The summed E-state index contributed by atoms with van der Waals surface area (Å²) in [6.45, 7) is 16.2. The van der Waals surface area contributed by atoms with Gasteiger partial charge in [0.05, 0.1) is 11.2 Å². The molecule has 1 aromatic carbocycles. The molecule has 1 aliphatic heterocycles. The summed E-state index contributed by atoms with van der Waals surface area (Å²) in [4.78, 5) is 2.47. The van der Waals surface area contributed by atoms with Gasteiger partial charge in [-0.05, 0) is 76.5 Å². The number of piperidine rings is 1. The molecule has 0 radical (unpaired) electrons. The van der Waals surface area contributed by atoms with Crippen molar-refractivity contribution in [3.63, 3.8) is 0 Å². The zero-order valence-electron chi connectivity index (χ0n) is 23.2. The number of allylic oxidation sites excluding steroid dienone is 1. The second kappa shape index (κ2) is 12.9. The Labute approximate surface area is 216 Å². The molecule has 0 amide bonds. The first-order valence-corrected chi connectivity index (χ1v) is 13.4. The molecule has 1 heterocycles. The topological polar surface area (TPSA) is 44.7 Å². The zero-order valence-corrected chi connectivity index (χ0v) is 23.2. The van der Waals surface area contributed by atoms with Crippen LogP contribution in [0.15, 0.2) is 35.9 Å². The summed E-state index contributed by atoms with van der Waals surface area (Å²) in [5, 5.41) is 13.5. The largest absolute Gasteiger partial charge is 0.416 e. The van der Waals surface area contributed by atoms with Gasteiger partial charge in [-0.3, -0.25) is 10.2 Å². The summed E-state index contributed by atoms with van der Waals surface area (Å²) in [5.74, 6) is 0. The first-order chi connectivity index (χ1) is 16.7. The molecule has 1 saturated heterocycles. The van der Waals surface area contributed by atoms with E-state index in [2.05, 4.69) is 50.9 Å². The second-order valence-electron chi connectivity index (χ2n) is 11.6. The van der Waals surface area contributed by atoms with Gasteiger partial charge in [0.25, 0.3) is 0 Å². The summed E-state index contributed by atoms with van der Waals surface area (Å²) >= 11 is 0. The molecule has 0 aliphatic carbocycles. The number of nitrogens with zero attached hydrogens (tertiary/aromatic N) is 1. The van der Waals surface area contributed by atoms with E-state index in [1.54, 1.807) is 12.1 Å². The van der Waals surface area contributed by atoms with E-state index in [-0.39, 0.29) is 23.1 Å². The number of ether oxygens (including phenoxy) is 1. The number of halogens is 3. The molecule has 2 N–H and O–H groups in total. The smallest absolute Gasteiger partial charge is 0.356 e. The molecule has 1 aliphatic rings. The molecule has 0 spiro atoms.